The average molecular weight is 216 g/mol. The van der Waals surface area contributed by atoms with E-state index < -0.39 is 0 Å². The Morgan fingerprint density at radius 2 is 1.73 bits per heavy atom. The predicted octanol–water partition coefficient (Wildman–Crippen LogP) is 3.64. The molecule has 0 aromatic heterocycles. The van der Waals surface area contributed by atoms with Gasteiger partial charge < -0.3 is 0 Å². The lowest BCUT2D eigenvalue weighted by Gasteiger charge is -2.21. The van der Waals surface area contributed by atoms with E-state index in [0.29, 0.717) is 0 Å². The van der Waals surface area contributed by atoms with Gasteiger partial charge in [0.2, 0.25) is 0 Å². The first-order valence-electron chi connectivity index (χ1n) is 5.27. The molecule has 0 saturated carbocycles. The van der Waals surface area contributed by atoms with Crippen LogP contribution in [-0.2, 0) is 5.41 Å². The molecule has 2 aromatic rings. The molecule has 0 fully saturated rings. The predicted molar refractivity (Wildman–Crippen MR) is 72.0 cm³/mol. The zero-order valence-electron chi connectivity index (χ0n) is 9.54. The molecule has 0 heterocycles. The van der Waals surface area contributed by atoms with Crippen molar-refractivity contribution in [3.8, 4) is 0 Å². The summed E-state index contributed by atoms with van der Waals surface area (Å²) in [4.78, 5) is 0. The zero-order valence-corrected chi connectivity index (χ0v) is 10.7. The lowest BCUT2D eigenvalue weighted by atomic mass is 9.84. The Labute approximate surface area is 93.9 Å². The van der Waals surface area contributed by atoms with Gasteiger partial charge in [0, 0.05) is 0 Å². The van der Waals surface area contributed by atoms with Crippen LogP contribution in [0.5, 0.6) is 0 Å². The molecule has 2 rings (SSSR count). The van der Waals surface area contributed by atoms with Gasteiger partial charge in [-0.2, -0.15) is 0 Å². The van der Waals surface area contributed by atoms with Crippen LogP contribution in [0.25, 0.3) is 10.8 Å². The summed E-state index contributed by atoms with van der Waals surface area (Å²) in [5, 5.41) is 3.95. The Kier molecular flexibility index (Phi) is 2.56. The lowest BCUT2D eigenvalue weighted by Crippen LogP contribution is -2.12. The van der Waals surface area contributed by atoms with Crippen molar-refractivity contribution in [1.29, 1.82) is 0 Å². The largest absolute Gasteiger partial charge is 0.106 e. The van der Waals surface area contributed by atoms with Crippen molar-refractivity contribution in [2.75, 3.05) is 0 Å². The maximum absolute atomic E-state index is 2.77. The minimum absolute atomic E-state index is 0.206. The first-order valence-corrected chi connectivity index (χ1v) is 5.85. The molecule has 0 bridgehead atoms. The quantitative estimate of drug-likeness (QED) is 0.590. The van der Waals surface area contributed by atoms with Gasteiger partial charge in [0.1, 0.15) is 0 Å². The molecule has 1 unspecified atom stereocenters. The van der Waals surface area contributed by atoms with E-state index in [4.69, 9.17) is 0 Å². The van der Waals surface area contributed by atoms with Crippen LogP contribution < -0.4 is 5.30 Å². The van der Waals surface area contributed by atoms with Gasteiger partial charge in [-0.25, -0.2) is 0 Å². The van der Waals surface area contributed by atoms with Gasteiger partial charge in [0.05, 0.1) is 0 Å². The highest BCUT2D eigenvalue weighted by Crippen LogP contribution is 2.29. The standard InChI is InChI=1S/C14H17P/c1-14(2,3)13-6-4-5-10-7-8-11(15)9-12(10)13/h4-9H,15H2,1-3H3. The zero-order chi connectivity index (χ0) is 11.1. The molecular weight excluding hydrogens is 199 g/mol. The van der Waals surface area contributed by atoms with Gasteiger partial charge >= 0.3 is 0 Å². The second-order valence-electron chi connectivity index (χ2n) is 5.04. The first kappa shape index (κ1) is 10.6. The van der Waals surface area contributed by atoms with E-state index in [1.165, 1.54) is 21.6 Å². The molecule has 0 radical (unpaired) electrons. The SMILES string of the molecule is CC(C)(C)c1cccc2ccc(P)cc12. The van der Waals surface area contributed by atoms with Gasteiger partial charge in [-0.05, 0) is 33.1 Å². The van der Waals surface area contributed by atoms with Crippen LogP contribution in [0.1, 0.15) is 26.3 Å². The van der Waals surface area contributed by atoms with E-state index in [1.807, 2.05) is 0 Å². The summed E-state index contributed by atoms with van der Waals surface area (Å²) in [7, 11) is 2.77. The summed E-state index contributed by atoms with van der Waals surface area (Å²) in [6, 6.07) is 13.1. The second-order valence-corrected chi connectivity index (χ2v) is 5.70. The molecule has 2 aromatic carbocycles. The van der Waals surface area contributed by atoms with E-state index in [9.17, 15) is 0 Å². The maximum Gasteiger partial charge on any atom is -0.0126 e. The van der Waals surface area contributed by atoms with Gasteiger partial charge in [-0.15, -0.1) is 9.24 Å². The van der Waals surface area contributed by atoms with Crippen molar-refractivity contribution in [3.05, 3.63) is 42.0 Å². The highest BCUT2D eigenvalue weighted by Gasteiger charge is 2.16. The Hall–Kier alpha value is -0.870. The van der Waals surface area contributed by atoms with E-state index in [2.05, 4.69) is 66.4 Å². The molecule has 0 N–H and O–H groups in total. The van der Waals surface area contributed by atoms with Crippen molar-refractivity contribution in [1.82, 2.24) is 0 Å². The molecule has 15 heavy (non-hydrogen) atoms. The summed E-state index contributed by atoms with van der Waals surface area (Å²) in [6.07, 6.45) is 0. The maximum atomic E-state index is 2.77. The molecule has 0 aliphatic carbocycles. The van der Waals surface area contributed by atoms with E-state index >= 15 is 0 Å². The second kappa shape index (κ2) is 3.61. The van der Waals surface area contributed by atoms with E-state index in [-0.39, 0.29) is 5.41 Å². The minimum atomic E-state index is 0.206. The Balaban J connectivity index is 2.80. The molecule has 0 amide bonds. The number of benzene rings is 2. The van der Waals surface area contributed by atoms with E-state index in [1.54, 1.807) is 0 Å². The summed E-state index contributed by atoms with van der Waals surface area (Å²) >= 11 is 0. The fourth-order valence-corrected chi connectivity index (χ4v) is 2.21. The monoisotopic (exact) mass is 216 g/mol. The molecule has 78 valence electrons. The Morgan fingerprint density at radius 3 is 2.40 bits per heavy atom. The first-order chi connectivity index (χ1) is 6.98. The molecule has 1 atom stereocenters. The average Bonchev–Trinajstić information content (AvgIpc) is 2.15. The fraction of sp³-hybridized carbons (Fsp3) is 0.286. The molecule has 0 spiro atoms. The van der Waals surface area contributed by atoms with Gasteiger partial charge in [-0.1, -0.05) is 51.1 Å². The van der Waals surface area contributed by atoms with Gasteiger partial charge in [0.15, 0.2) is 0 Å². The topological polar surface area (TPSA) is 0 Å². The van der Waals surface area contributed by atoms with Crippen molar-refractivity contribution in [2.45, 2.75) is 26.2 Å². The third kappa shape index (κ3) is 2.06. The number of hydrogen-bond acceptors (Lipinski definition) is 0. The summed E-state index contributed by atoms with van der Waals surface area (Å²) in [6.45, 7) is 6.78. The summed E-state index contributed by atoms with van der Waals surface area (Å²) in [5.74, 6) is 0. The fourth-order valence-electron chi connectivity index (χ4n) is 1.94. The van der Waals surface area contributed by atoms with Crippen molar-refractivity contribution < 1.29 is 0 Å². The van der Waals surface area contributed by atoms with Crippen LogP contribution in [0.4, 0.5) is 0 Å². The molecule has 0 nitrogen and oxygen atoms in total. The molecule has 0 aliphatic heterocycles. The van der Waals surface area contributed by atoms with Crippen LogP contribution in [0, 0.1) is 0 Å². The van der Waals surface area contributed by atoms with Crippen LogP contribution in [0.15, 0.2) is 36.4 Å². The van der Waals surface area contributed by atoms with Crippen molar-refractivity contribution in [2.24, 2.45) is 0 Å². The summed E-state index contributed by atoms with van der Waals surface area (Å²) in [5.41, 5.74) is 1.63. The molecule has 0 aliphatic rings. The van der Waals surface area contributed by atoms with Gasteiger partial charge in [0.25, 0.3) is 0 Å². The molecular formula is C14H17P. The third-order valence-electron chi connectivity index (χ3n) is 2.71. The molecule has 0 saturated heterocycles. The Morgan fingerprint density at radius 1 is 1.00 bits per heavy atom. The lowest BCUT2D eigenvalue weighted by molar-refractivity contribution is 0.596. The number of rotatable bonds is 0. The number of fused-ring (bicyclic) bond motifs is 1. The van der Waals surface area contributed by atoms with Crippen molar-refractivity contribution >= 4 is 25.3 Å². The number of hydrogen-bond donors (Lipinski definition) is 0. The molecule has 1 heteroatoms. The minimum Gasteiger partial charge on any atom is -0.106 e. The highest BCUT2D eigenvalue weighted by atomic mass is 31.0. The van der Waals surface area contributed by atoms with Crippen LogP contribution in [0.2, 0.25) is 0 Å². The summed E-state index contributed by atoms with van der Waals surface area (Å²) < 4.78 is 0. The third-order valence-corrected chi connectivity index (χ3v) is 3.07. The van der Waals surface area contributed by atoms with Gasteiger partial charge in [-0.3, -0.25) is 0 Å². The van der Waals surface area contributed by atoms with Crippen LogP contribution in [0.3, 0.4) is 0 Å². The smallest absolute Gasteiger partial charge is 0.0126 e. The normalized spacial score (nSPS) is 12.0. The van der Waals surface area contributed by atoms with E-state index in [0.717, 1.165) is 0 Å². The highest BCUT2D eigenvalue weighted by molar-refractivity contribution is 7.27. The van der Waals surface area contributed by atoms with Crippen LogP contribution >= 0.6 is 9.24 Å². The van der Waals surface area contributed by atoms with Crippen molar-refractivity contribution in [3.63, 3.8) is 0 Å². The van der Waals surface area contributed by atoms with Crippen LogP contribution in [-0.4, -0.2) is 0 Å². The Bertz CT molecular complexity index is 492.